The molecule has 0 unspecified atom stereocenters. The second kappa shape index (κ2) is 9.29. The van der Waals surface area contributed by atoms with Crippen LogP contribution in [-0.4, -0.2) is 46.5 Å². The molecule has 2 aliphatic rings. The number of aromatic nitrogens is 2. The van der Waals surface area contributed by atoms with Gasteiger partial charge in [0.2, 0.25) is 17.8 Å². The summed E-state index contributed by atoms with van der Waals surface area (Å²) in [6, 6.07) is 13.4. The first kappa shape index (κ1) is 22.1. The molecule has 0 aliphatic heterocycles. The molecule has 8 heteroatoms. The standard InChI is InChI=1S/C26H27FN4O3/c1-34-22-12-6-18(7-13-22)23-15-31(21-10-8-20(27)9-11-21)26(28-23)29-24(32)16-30(14-17-2-3-17)25(33)19-4-5-19/h6-13,15,17,19H,2-5,14,16H2,1H3,(H,28,29,32). The lowest BCUT2D eigenvalue weighted by molar-refractivity contribution is -0.136. The predicted octanol–water partition coefficient (Wildman–Crippen LogP) is 4.27. The number of hydrogen-bond donors (Lipinski definition) is 1. The molecule has 0 atom stereocenters. The van der Waals surface area contributed by atoms with Crippen LogP contribution in [0.2, 0.25) is 0 Å². The van der Waals surface area contributed by atoms with Gasteiger partial charge in [-0.2, -0.15) is 0 Å². The largest absolute Gasteiger partial charge is 0.497 e. The second-order valence-electron chi connectivity index (χ2n) is 9.01. The van der Waals surface area contributed by atoms with Crippen molar-refractivity contribution in [1.82, 2.24) is 14.5 Å². The fraction of sp³-hybridized carbons (Fsp3) is 0.346. The Morgan fingerprint density at radius 2 is 1.79 bits per heavy atom. The number of nitrogens with zero attached hydrogens (tertiary/aromatic N) is 3. The molecular weight excluding hydrogens is 435 g/mol. The van der Waals surface area contributed by atoms with Crippen molar-refractivity contribution in [2.24, 2.45) is 11.8 Å². The molecule has 2 aliphatic carbocycles. The van der Waals surface area contributed by atoms with Gasteiger partial charge in [-0.05, 0) is 80.1 Å². The quantitative estimate of drug-likeness (QED) is 0.515. The van der Waals surface area contributed by atoms with Crippen molar-refractivity contribution in [3.63, 3.8) is 0 Å². The predicted molar refractivity (Wildman–Crippen MR) is 126 cm³/mol. The van der Waals surface area contributed by atoms with E-state index in [1.54, 1.807) is 34.9 Å². The van der Waals surface area contributed by atoms with Gasteiger partial charge in [0.1, 0.15) is 11.6 Å². The number of rotatable bonds is 9. The lowest BCUT2D eigenvalue weighted by atomic mass is 10.1. The third kappa shape index (κ3) is 5.11. The normalized spacial score (nSPS) is 15.1. The Kier molecular flexibility index (Phi) is 6.04. The zero-order valence-electron chi connectivity index (χ0n) is 19.0. The summed E-state index contributed by atoms with van der Waals surface area (Å²) < 4.78 is 20.4. The molecule has 5 rings (SSSR count). The number of nitrogens with one attached hydrogen (secondary N) is 1. The molecule has 1 N–H and O–H groups in total. The van der Waals surface area contributed by atoms with E-state index in [-0.39, 0.29) is 30.1 Å². The van der Waals surface area contributed by atoms with Gasteiger partial charge < -0.3 is 9.64 Å². The van der Waals surface area contributed by atoms with Gasteiger partial charge in [0.25, 0.3) is 0 Å². The molecule has 2 fully saturated rings. The molecule has 0 saturated heterocycles. The molecule has 3 aromatic rings. The molecule has 1 heterocycles. The van der Waals surface area contributed by atoms with Gasteiger partial charge >= 0.3 is 0 Å². The van der Waals surface area contributed by atoms with Crippen LogP contribution in [-0.2, 0) is 9.59 Å². The zero-order chi connectivity index (χ0) is 23.7. The summed E-state index contributed by atoms with van der Waals surface area (Å²) in [6.07, 6.45) is 5.82. The van der Waals surface area contributed by atoms with E-state index in [0.29, 0.717) is 29.8 Å². The molecule has 7 nitrogen and oxygen atoms in total. The molecular formula is C26H27FN4O3. The number of amides is 2. The average molecular weight is 463 g/mol. The number of imidazole rings is 1. The Balaban J connectivity index is 1.40. The summed E-state index contributed by atoms with van der Waals surface area (Å²) in [7, 11) is 1.60. The number of anilines is 1. The van der Waals surface area contributed by atoms with E-state index in [4.69, 9.17) is 4.74 Å². The maximum Gasteiger partial charge on any atom is 0.246 e. The van der Waals surface area contributed by atoms with Gasteiger partial charge in [0.15, 0.2) is 0 Å². The second-order valence-corrected chi connectivity index (χ2v) is 9.01. The van der Waals surface area contributed by atoms with Gasteiger partial charge in [-0.15, -0.1) is 0 Å². The molecule has 1 aromatic heterocycles. The maximum atomic E-state index is 13.5. The topological polar surface area (TPSA) is 76.5 Å². The summed E-state index contributed by atoms with van der Waals surface area (Å²) in [5.74, 6) is 1.03. The molecule has 2 saturated carbocycles. The highest BCUT2D eigenvalue weighted by atomic mass is 19.1. The van der Waals surface area contributed by atoms with E-state index in [2.05, 4.69) is 10.3 Å². The van der Waals surface area contributed by atoms with Crippen molar-refractivity contribution < 1.29 is 18.7 Å². The van der Waals surface area contributed by atoms with Crippen molar-refractivity contribution >= 4 is 17.8 Å². The van der Waals surface area contributed by atoms with Crippen LogP contribution < -0.4 is 10.1 Å². The Labute approximate surface area is 197 Å². The molecule has 34 heavy (non-hydrogen) atoms. The summed E-state index contributed by atoms with van der Waals surface area (Å²) in [5, 5.41) is 2.88. The SMILES string of the molecule is COc1ccc(-c2cn(-c3ccc(F)cc3)c(NC(=O)CN(CC3CC3)C(=O)C3CC3)n2)cc1. The number of halogens is 1. The molecule has 2 aromatic carbocycles. The highest BCUT2D eigenvalue weighted by Gasteiger charge is 2.36. The van der Waals surface area contributed by atoms with Crippen molar-refractivity contribution in [3.8, 4) is 22.7 Å². The van der Waals surface area contributed by atoms with Crippen LogP contribution in [0.15, 0.2) is 54.7 Å². The molecule has 0 bridgehead atoms. The minimum absolute atomic E-state index is 0.0000195. The fourth-order valence-corrected chi connectivity index (χ4v) is 3.94. The van der Waals surface area contributed by atoms with Crippen molar-refractivity contribution in [1.29, 1.82) is 0 Å². The average Bonchev–Trinajstić information content (AvgIpc) is 3.78. The molecule has 0 spiro atoms. The number of carbonyl (C=O) groups is 2. The first-order valence-electron chi connectivity index (χ1n) is 11.6. The van der Waals surface area contributed by atoms with E-state index in [1.165, 1.54) is 12.1 Å². The van der Waals surface area contributed by atoms with Gasteiger partial charge in [-0.3, -0.25) is 19.5 Å². The first-order chi connectivity index (χ1) is 16.5. The van der Waals surface area contributed by atoms with Gasteiger partial charge in [-0.25, -0.2) is 9.37 Å². The van der Waals surface area contributed by atoms with Crippen LogP contribution >= 0.6 is 0 Å². The maximum absolute atomic E-state index is 13.5. The third-order valence-corrected chi connectivity index (χ3v) is 6.20. The van der Waals surface area contributed by atoms with Crippen LogP contribution in [0.25, 0.3) is 16.9 Å². The van der Waals surface area contributed by atoms with Crippen molar-refractivity contribution in [3.05, 3.63) is 60.5 Å². The lowest BCUT2D eigenvalue weighted by Gasteiger charge is -2.22. The van der Waals surface area contributed by atoms with Crippen LogP contribution in [0, 0.1) is 17.7 Å². The fourth-order valence-electron chi connectivity index (χ4n) is 3.94. The highest BCUT2D eigenvalue weighted by molar-refractivity contribution is 5.94. The van der Waals surface area contributed by atoms with Crippen LogP contribution in [0.3, 0.4) is 0 Å². The van der Waals surface area contributed by atoms with E-state index >= 15 is 0 Å². The van der Waals surface area contributed by atoms with Gasteiger partial charge in [-0.1, -0.05) is 0 Å². The van der Waals surface area contributed by atoms with E-state index in [1.807, 2.05) is 24.3 Å². The van der Waals surface area contributed by atoms with Gasteiger partial charge in [0.05, 0.1) is 19.3 Å². The summed E-state index contributed by atoms with van der Waals surface area (Å²) in [6.45, 7) is 0.631. The zero-order valence-corrected chi connectivity index (χ0v) is 19.0. The minimum atomic E-state index is -0.348. The Morgan fingerprint density at radius 1 is 1.09 bits per heavy atom. The molecule has 176 valence electrons. The monoisotopic (exact) mass is 462 g/mol. The van der Waals surface area contributed by atoms with Crippen molar-refractivity contribution in [2.45, 2.75) is 25.7 Å². The van der Waals surface area contributed by atoms with Crippen molar-refractivity contribution in [2.75, 3.05) is 25.5 Å². The Bertz CT molecular complexity index is 1180. The lowest BCUT2D eigenvalue weighted by Crippen LogP contribution is -2.40. The number of benzene rings is 2. The smallest absolute Gasteiger partial charge is 0.246 e. The summed E-state index contributed by atoms with van der Waals surface area (Å²) in [4.78, 5) is 32.0. The van der Waals surface area contributed by atoms with Crippen LogP contribution in [0.1, 0.15) is 25.7 Å². The third-order valence-electron chi connectivity index (χ3n) is 6.20. The van der Waals surface area contributed by atoms with E-state index < -0.39 is 0 Å². The first-order valence-corrected chi connectivity index (χ1v) is 11.6. The number of hydrogen-bond acceptors (Lipinski definition) is 4. The van der Waals surface area contributed by atoms with E-state index in [0.717, 1.165) is 37.0 Å². The summed E-state index contributed by atoms with van der Waals surface area (Å²) >= 11 is 0. The number of carbonyl (C=O) groups excluding carboxylic acids is 2. The Morgan fingerprint density at radius 3 is 2.41 bits per heavy atom. The number of ether oxygens (including phenoxy) is 1. The number of methoxy groups -OCH3 is 1. The van der Waals surface area contributed by atoms with Gasteiger partial charge in [0, 0.05) is 29.9 Å². The van der Waals surface area contributed by atoms with Crippen LogP contribution in [0.4, 0.5) is 10.3 Å². The summed E-state index contributed by atoms with van der Waals surface area (Å²) in [5.41, 5.74) is 2.15. The van der Waals surface area contributed by atoms with E-state index in [9.17, 15) is 14.0 Å². The molecule has 0 radical (unpaired) electrons. The minimum Gasteiger partial charge on any atom is -0.497 e. The molecule has 2 amide bonds. The highest BCUT2D eigenvalue weighted by Crippen LogP contribution is 2.34. The van der Waals surface area contributed by atoms with Crippen LogP contribution in [0.5, 0.6) is 5.75 Å². The Hall–Kier alpha value is -3.68.